The van der Waals surface area contributed by atoms with Crippen LogP contribution in [0.5, 0.6) is 5.75 Å². The van der Waals surface area contributed by atoms with E-state index in [1.54, 1.807) is 0 Å². The lowest BCUT2D eigenvalue weighted by molar-refractivity contribution is 0.223. The Balaban J connectivity index is 2.24. The molecule has 0 radical (unpaired) electrons. The number of para-hydroxylation sites is 1. The van der Waals surface area contributed by atoms with Crippen LogP contribution < -0.4 is 10.5 Å². The van der Waals surface area contributed by atoms with Gasteiger partial charge in [-0.2, -0.15) is 0 Å². The third-order valence-corrected chi connectivity index (χ3v) is 2.59. The summed E-state index contributed by atoms with van der Waals surface area (Å²) in [4.78, 5) is 0. The molecule has 1 unspecified atom stereocenters. The summed E-state index contributed by atoms with van der Waals surface area (Å²) in [6, 6.07) is 7.62. The van der Waals surface area contributed by atoms with Crippen molar-refractivity contribution in [3.8, 4) is 5.75 Å². The molecule has 0 saturated heterocycles. The zero-order valence-electron chi connectivity index (χ0n) is 9.48. The maximum atomic E-state index is 6.16. The van der Waals surface area contributed by atoms with Crippen molar-refractivity contribution in [2.75, 3.05) is 13.2 Å². The van der Waals surface area contributed by atoms with Crippen LogP contribution in [0.25, 0.3) is 0 Å². The van der Waals surface area contributed by atoms with Crippen LogP contribution in [-0.4, -0.2) is 13.2 Å². The predicted octanol–water partition coefficient (Wildman–Crippen LogP) is 2.39. The molecule has 0 spiro atoms. The van der Waals surface area contributed by atoms with E-state index in [0.717, 1.165) is 30.1 Å². The molecule has 0 bridgehead atoms. The first kappa shape index (κ1) is 11.0. The van der Waals surface area contributed by atoms with E-state index in [4.69, 9.17) is 15.2 Å². The van der Waals surface area contributed by atoms with Crippen molar-refractivity contribution in [3.05, 3.63) is 41.7 Å². The number of hydrogen-bond acceptors (Lipinski definition) is 3. The molecule has 86 valence electrons. The third-order valence-electron chi connectivity index (χ3n) is 2.59. The molecule has 1 aliphatic rings. The van der Waals surface area contributed by atoms with Gasteiger partial charge in [0.1, 0.15) is 11.5 Å². The van der Waals surface area contributed by atoms with Gasteiger partial charge < -0.3 is 15.2 Å². The Labute approximate surface area is 95.9 Å². The van der Waals surface area contributed by atoms with Crippen LogP contribution in [-0.2, 0) is 4.74 Å². The molecule has 1 aliphatic heterocycles. The van der Waals surface area contributed by atoms with Crippen molar-refractivity contribution in [2.45, 2.75) is 19.4 Å². The first-order valence-corrected chi connectivity index (χ1v) is 5.63. The van der Waals surface area contributed by atoms with Gasteiger partial charge in [0.15, 0.2) is 0 Å². The van der Waals surface area contributed by atoms with Crippen molar-refractivity contribution in [2.24, 2.45) is 5.73 Å². The Hall–Kier alpha value is -1.48. The second-order valence-electron chi connectivity index (χ2n) is 3.69. The van der Waals surface area contributed by atoms with E-state index in [-0.39, 0.29) is 6.04 Å². The highest BCUT2D eigenvalue weighted by Gasteiger charge is 2.19. The summed E-state index contributed by atoms with van der Waals surface area (Å²) in [7, 11) is 0. The lowest BCUT2D eigenvalue weighted by Gasteiger charge is -2.17. The van der Waals surface area contributed by atoms with E-state index in [2.05, 4.69) is 0 Å². The van der Waals surface area contributed by atoms with Gasteiger partial charge in [0.05, 0.1) is 19.3 Å². The van der Waals surface area contributed by atoms with Crippen LogP contribution in [0.3, 0.4) is 0 Å². The minimum Gasteiger partial charge on any atom is -0.496 e. The fourth-order valence-electron chi connectivity index (χ4n) is 1.83. The minimum absolute atomic E-state index is 0.217. The van der Waals surface area contributed by atoms with Gasteiger partial charge in [0, 0.05) is 12.0 Å². The van der Waals surface area contributed by atoms with E-state index < -0.39 is 0 Å². The van der Waals surface area contributed by atoms with Crippen LogP contribution in [0.1, 0.15) is 24.9 Å². The molecule has 0 aromatic heterocycles. The standard InChI is InChI=1S/C13H17NO2/c1-2-15-11-7-4-3-6-10(11)13(14)12-8-5-9-16-12/h3-4,6-8,13H,2,5,9,14H2,1H3. The minimum atomic E-state index is -0.217. The summed E-state index contributed by atoms with van der Waals surface area (Å²) in [6.45, 7) is 3.34. The zero-order valence-corrected chi connectivity index (χ0v) is 9.48. The van der Waals surface area contributed by atoms with E-state index in [0.29, 0.717) is 6.61 Å². The SMILES string of the molecule is CCOc1ccccc1C(N)C1=CCCO1. The molecule has 16 heavy (non-hydrogen) atoms. The number of hydrogen-bond donors (Lipinski definition) is 1. The van der Waals surface area contributed by atoms with Crippen LogP contribution in [0.2, 0.25) is 0 Å². The molecule has 0 amide bonds. The molecule has 0 aliphatic carbocycles. The van der Waals surface area contributed by atoms with Crippen molar-refractivity contribution in [3.63, 3.8) is 0 Å². The van der Waals surface area contributed by atoms with E-state index in [9.17, 15) is 0 Å². The summed E-state index contributed by atoms with van der Waals surface area (Å²) >= 11 is 0. The van der Waals surface area contributed by atoms with Crippen LogP contribution >= 0.6 is 0 Å². The number of rotatable bonds is 4. The molecule has 1 heterocycles. The molecule has 1 aromatic carbocycles. The van der Waals surface area contributed by atoms with Gasteiger partial charge >= 0.3 is 0 Å². The average Bonchev–Trinajstić information content (AvgIpc) is 2.83. The van der Waals surface area contributed by atoms with Crippen molar-refractivity contribution in [1.82, 2.24) is 0 Å². The Morgan fingerprint density at radius 2 is 2.25 bits per heavy atom. The molecule has 2 N–H and O–H groups in total. The monoisotopic (exact) mass is 219 g/mol. The molecule has 3 heteroatoms. The fourth-order valence-corrected chi connectivity index (χ4v) is 1.83. The topological polar surface area (TPSA) is 44.5 Å². The fraction of sp³-hybridized carbons (Fsp3) is 0.385. The molecular weight excluding hydrogens is 202 g/mol. The Bertz CT molecular complexity index is 387. The Morgan fingerprint density at radius 3 is 2.94 bits per heavy atom. The molecule has 1 aromatic rings. The van der Waals surface area contributed by atoms with Crippen LogP contribution in [0.15, 0.2) is 36.1 Å². The van der Waals surface area contributed by atoms with E-state index in [1.807, 2.05) is 37.3 Å². The van der Waals surface area contributed by atoms with Crippen LogP contribution in [0.4, 0.5) is 0 Å². The maximum absolute atomic E-state index is 6.16. The summed E-state index contributed by atoms with van der Waals surface area (Å²) < 4.78 is 11.0. The Kier molecular flexibility index (Phi) is 3.47. The largest absolute Gasteiger partial charge is 0.496 e. The van der Waals surface area contributed by atoms with E-state index in [1.165, 1.54) is 0 Å². The summed E-state index contributed by atoms with van der Waals surface area (Å²) in [5.41, 5.74) is 7.14. The lowest BCUT2D eigenvalue weighted by atomic mass is 10.0. The highest BCUT2D eigenvalue weighted by atomic mass is 16.5. The molecule has 0 fully saturated rings. The first-order chi connectivity index (χ1) is 7.83. The van der Waals surface area contributed by atoms with Crippen molar-refractivity contribution in [1.29, 1.82) is 0 Å². The smallest absolute Gasteiger partial charge is 0.124 e. The van der Waals surface area contributed by atoms with Gasteiger partial charge in [-0.15, -0.1) is 0 Å². The number of benzene rings is 1. The van der Waals surface area contributed by atoms with Crippen molar-refractivity contribution >= 4 is 0 Å². The quantitative estimate of drug-likeness (QED) is 0.845. The average molecular weight is 219 g/mol. The molecule has 1 atom stereocenters. The summed E-state index contributed by atoms with van der Waals surface area (Å²) in [6.07, 6.45) is 2.99. The molecule has 2 rings (SSSR count). The van der Waals surface area contributed by atoms with Gasteiger partial charge in [-0.1, -0.05) is 18.2 Å². The van der Waals surface area contributed by atoms with E-state index >= 15 is 0 Å². The third kappa shape index (κ3) is 2.19. The molecule has 0 saturated carbocycles. The Morgan fingerprint density at radius 1 is 1.44 bits per heavy atom. The second-order valence-corrected chi connectivity index (χ2v) is 3.69. The lowest BCUT2D eigenvalue weighted by Crippen LogP contribution is -2.15. The predicted molar refractivity (Wildman–Crippen MR) is 63.2 cm³/mol. The summed E-state index contributed by atoms with van der Waals surface area (Å²) in [5.74, 6) is 1.70. The highest BCUT2D eigenvalue weighted by Crippen LogP contribution is 2.30. The molecule has 3 nitrogen and oxygen atoms in total. The van der Waals surface area contributed by atoms with Crippen LogP contribution in [0, 0.1) is 0 Å². The molecular formula is C13H17NO2. The number of nitrogens with two attached hydrogens (primary N) is 1. The number of ether oxygens (including phenoxy) is 2. The van der Waals surface area contributed by atoms with Gasteiger partial charge in [0.2, 0.25) is 0 Å². The normalized spacial score (nSPS) is 16.5. The van der Waals surface area contributed by atoms with Crippen molar-refractivity contribution < 1.29 is 9.47 Å². The van der Waals surface area contributed by atoms with Gasteiger partial charge in [-0.3, -0.25) is 0 Å². The van der Waals surface area contributed by atoms with Gasteiger partial charge in [0.25, 0.3) is 0 Å². The van der Waals surface area contributed by atoms with Gasteiger partial charge in [-0.05, 0) is 19.1 Å². The second kappa shape index (κ2) is 5.03. The maximum Gasteiger partial charge on any atom is 0.124 e. The van der Waals surface area contributed by atoms with Gasteiger partial charge in [-0.25, -0.2) is 0 Å². The zero-order chi connectivity index (χ0) is 11.4. The highest BCUT2D eigenvalue weighted by molar-refractivity contribution is 5.39. The summed E-state index contributed by atoms with van der Waals surface area (Å²) in [5, 5.41) is 0. The first-order valence-electron chi connectivity index (χ1n) is 5.63.